The van der Waals surface area contributed by atoms with E-state index in [2.05, 4.69) is 22.7 Å². The molecule has 0 saturated carbocycles. The van der Waals surface area contributed by atoms with Crippen LogP contribution < -0.4 is 5.43 Å². The van der Waals surface area contributed by atoms with Gasteiger partial charge >= 0.3 is 0 Å². The molecule has 1 heterocycles. The van der Waals surface area contributed by atoms with Crippen LogP contribution >= 0.6 is 0 Å². The van der Waals surface area contributed by atoms with E-state index in [1.165, 1.54) is 5.56 Å². The molecule has 0 unspecified atom stereocenters. The Morgan fingerprint density at radius 2 is 1.83 bits per heavy atom. The summed E-state index contributed by atoms with van der Waals surface area (Å²) in [6.45, 7) is 1.97. The van der Waals surface area contributed by atoms with Crippen molar-refractivity contribution in [3.63, 3.8) is 0 Å². The normalized spacial score (nSPS) is 15.1. The first-order valence-electron chi connectivity index (χ1n) is 3.88. The molecular formula is C10H9N2. The molecule has 0 aromatic heterocycles. The van der Waals surface area contributed by atoms with Gasteiger partial charge in [0.25, 0.3) is 0 Å². The summed E-state index contributed by atoms with van der Waals surface area (Å²) in [5.74, 6) is 0. The first-order valence-corrected chi connectivity index (χ1v) is 3.88. The van der Waals surface area contributed by atoms with E-state index < -0.39 is 0 Å². The van der Waals surface area contributed by atoms with Crippen molar-refractivity contribution in [3.05, 3.63) is 42.1 Å². The lowest BCUT2D eigenvalue weighted by atomic mass is 10.0. The zero-order valence-electron chi connectivity index (χ0n) is 6.86. The molecule has 0 aliphatic carbocycles. The topological polar surface area (TPSA) is 26.5 Å². The minimum absolute atomic E-state index is 0.987. The smallest absolute Gasteiger partial charge is 0.0693 e. The molecule has 1 radical (unpaired) electrons. The molecule has 0 fully saturated rings. The highest BCUT2D eigenvalue weighted by atomic mass is 15.3. The SMILES string of the molecule is CC1=N[N]C=C1c1ccccc1. The molecule has 1 aromatic carbocycles. The molecule has 0 amide bonds. The van der Waals surface area contributed by atoms with Crippen molar-refractivity contribution >= 4 is 11.3 Å². The number of allylic oxidation sites excluding steroid dienone is 1. The van der Waals surface area contributed by atoms with E-state index in [4.69, 9.17) is 0 Å². The zero-order valence-corrected chi connectivity index (χ0v) is 6.86. The maximum Gasteiger partial charge on any atom is 0.0693 e. The Morgan fingerprint density at radius 3 is 2.42 bits per heavy atom. The van der Waals surface area contributed by atoms with Gasteiger partial charge in [0, 0.05) is 5.57 Å². The highest BCUT2D eigenvalue weighted by Crippen LogP contribution is 2.17. The molecule has 2 rings (SSSR count). The Kier molecular flexibility index (Phi) is 1.67. The summed E-state index contributed by atoms with van der Waals surface area (Å²) < 4.78 is 0. The van der Waals surface area contributed by atoms with E-state index in [1.807, 2.05) is 25.1 Å². The summed E-state index contributed by atoms with van der Waals surface area (Å²) in [5, 5.41) is 3.94. The van der Waals surface area contributed by atoms with E-state index in [0.717, 1.165) is 11.3 Å². The standard InChI is InChI=1S/C10H9N2/c1-8-10(7-11-12-8)9-5-3-2-4-6-9/h2-7H,1H3. The van der Waals surface area contributed by atoms with Gasteiger partial charge in [-0.15, -0.1) is 0 Å². The van der Waals surface area contributed by atoms with Crippen molar-refractivity contribution in [1.29, 1.82) is 0 Å². The van der Waals surface area contributed by atoms with Gasteiger partial charge in [-0.2, -0.15) is 10.5 Å². The second-order valence-electron chi connectivity index (χ2n) is 2.71. The molecule has 59 valence electrons. The molecule has 0 bridgehead atoms. The average molecular weight is 157 g/mol. The van der Waals surface area contributed by atoms with E-state index >= 15 is 0 Å². The summed E-state index contributed by atoms with van der Waals surface area (Å²) >= 11 is 0. The molecule has 0 spiro atoms. The number of benzene rings is 1. The Bertz CT molecular complexity index is 336. The van der Waals surface area contributed by atoms with Crippen LogP contribution in [0.2, 0.25) is 0 Å². The van der Waals surface area contributed by atoms with E-state index in [9.17, 15) is 0 Å². The number of nitrogens with zero attached hydrogens (tertiary/aromatic N) is 2. The third-order valence-electron chi connectivity index (χ3n) is 1.87. The lowest BCUT2D eigenvalue weighted by Crippen LogP contribution is -1.91. The Labute approximate surface area is 71.6 Å². The van der Waals surface area contributed by atoms with Crippen LogP contribution in [0.4, 0.5) is 0 Å². The van der Waals surface area contributed by atoms with Gasteiger partial charge in [-0.3, -0.25) is 0 Å². The number of hydrogen-bond donors (Lipinski definition) is 0. The maximum absolute atomic E-state index is 3.94. The molecule has 1 aliphatic heterocycles. The van der Waals surface area contributed by atoms with E-state index in [-0.39, 0.29) is 0 Å². The monoisotopic (exact) mass is 157 g/mol. The molecule has 12 heavy (non-hydrogen) atoms. The van der Waals surface area contributed by atoms with Crippen molar-refractivity contribution in [2.45, 2.75) is 6.92 Å². The summed E-state index contributed by atoms with van der Waals surface area (Å²) in [6, 6.07) is 10.2. The van der Waals surface area contributed by atoms with E-state index in [1.54, 1.807) is 6.20 Å². The van der Waals surface area contributed by atoms with Gasteiger partial charge in [-0.25, -0.2) is 0 Å². The van der Waals surface area contributed by atoms with Crippen molar-refractivity contribution in [2.24, 2.45) is 5.10 Å². The number of rotatable bonds is 1. The van der Waals surface area contributed by atoms with Gasteiger partial charge in [0.1, 0.15) is 0 Å². The summed E-state index contributed by atoms with van der Waals surface area (Å²) in [5.41, 5.74) is 7.14. The van der Waals surface area contributed by atoms with Crippen LogP contribution in [0.25, 0.3) is 5.57 Å². The zero-order chi connectivity index (χ0) is 8.39. The Morgan fingerprint density at radius 1 is 1.08 bits per heavy atom. The molecule has 1 aromatic rings. The second kappa shape index (κ2) is 2.81. The van der Waals surface area contributed by atoms with Crippen molar-refractivity contribution < 1.29 is 0 Å². The lowest BCUT2D eigenvalue weighted by Gasteiger charge is -1.99. The number of hydrogen-bond acceptors (Lipinski definition) is 1. The third kappa shape index (κ3) is 1.11. The fourth-order valence-electron chi connectivity index (χ4n) is 1.22. The van der Waals surface area contributed by atoms with Crippen LogP contribution in [0.15, 0.2) is 41.6 Å². The van der Waals surface area contributed by atoms with Gasteiger partial charge in [0.15, 0.2) is 0 Å². The quantitative estimate of drug-likeness (QED) is 0.596. The average Bonchev–Trinajstić information content (AvgIpc) is 2.53. The predicted molar refractivity (Wildman–Crippen MR) is 49.7 cm³/mol. The van der Waals surface area contributed by atoms with Crippen LogP contribution in [0, 0.1) is 0 Å². The van der Waals surface area contributed by atoms with Gasteiger partial charge in [-0.05, 0) is 12.5 Å². The maximum atomic E-state index is 3.94. The molecular weight excluding hydrogens is 148 g/mol. The molecule has 0 atom stereocenters. The molecule has 2 nitrogen and oxygen atoms in total. The first-order chi connectivity index (χ1) is 5.88. The molecule has 2 heteroatoms. The Hall–Kier alpha value is -1.57. The van der Waals surface area contributed by atoms with Gasteiger partial charge in [0.2, 0.25) is 0 Å². The highest BCUT2D eigenvalue weighted by Gasteiger charge is 2.09. The molecule has 1 aliphatic rings. The summed E-state index contributed by atoms with van der Waals surface area (Å²) in [7, 11) is 0. The van der Waals surface area contributed by atoms with E-state index in [0.29, 0.717) is 0 Å². The van der Waals surface area contributed by atoms with Crippen molar-refractivity contribution in [3.8, 4) is 0 Å². The Balaban J connectivity index is 2.39. The van der Waals surface area contributed by atoms with Gasteiger partial charge in [-0.1, -0.05) is 30.3 Å². The predicted octanol–water partition coefficient (Wildman–Crippen LogP) is 2.02. The van der Waals surface area contributed by atoms with Crippen LogP contribution in [0.1, 0.15) is 12.5 Å². The summed E-state index contributed by atoms with van der Waals surface area (Å²) in [6.07, 6.45) is 1.80. The minimum Gasteiger partial charge on any atom is -0.158 e. The van der Waals surface area contributed by atoms with Crippen LogP contribution in [-0.4, -0.2) is 5.71 Å². The molecule has 0 saturated heterocycles. The van der Waals surface area contributed by atoms with Gasteiger partial charge < -0.3 is 0 Å². The first kappa shape index (κ1) is 7.10. The fourth-order valence-corrected chi connectivity index (χ4v) is 1.22. The van der Waals surface area contributed by atoms with Crippen molar-refractivity contribution in [1.82, 2.24) is 5.43 Å². The highest BCUT2D eigenvalue weighted by molar-refractivity contribution is 6.23. The van der Waals surface area contributed by atoms with Crippen molar-refractivity contribution in [2.75, 3.05) is 0 Å². The fraction of sp³-hybridized carbons (Fsp3) is 0.100. The minimum atomic E-state index is 0.987. The van der Waals surface area contributed by atoms with Crippen LogP contribution in [-0.2, 0) is 0 Å². The molecule has 0 N–H and O–H groups in total. The summed E-state index contributed by atoms with van der Waals surface area (Å²) in [4.78, 5) is 0. The van der Waals surface area contributed by atoms with Gasteiger partial charge in [0.05, 0.1) is 11.9 Å². The second-order valence-corrected chi connectivity index (χ2v) is 2.71. The van der Waals surface area contributed by atoms with Crippen LogP contribution in [0.5, 0.6) is 0 Å². The third-order valence-corrected chi connectivity index (χ3v) is 1.87. The lowest BCUT2D eigenvalue weighted by molar-refractivity contribution is 0.971. The largest absolute Gasteiger partial charge is 0.158 e. The van der Waals surface area contributed by atoms with Crippen LogP contribution in [0.3, 0.4) is 0 Å².